The number of hydrogen-bond acceptors (Lipinski definition) is 4. The third-order valence-corrected chi connectivity index (χ3v) is 3.82. The molecule has 4 nitrogen and oxygen atoms in total. The summed E-state index contributed by atoms with van der Waals surface area (Å²) in [6.07, 6.45) is 11.3. The SMILES string of the molecule is CC(C)CCCCCCC(=O)[O-].CC(C)CCCCCCC(=O)[O-].[Cu]. The second kappa shape index (κ2) is 21.5. The monoisotopic (exact) mass is 405 g/mol. The van der Waals surface area contributed by atoms with Crippen molar-refractivity contribution < 1.29 is 36.9 Å². The van der Waals surface area contributed by atoms with Gasteiger partial charge in [-0.3, -0.25) is 0 Å². The first kappa shape index (κ1) is 29.2. The zero-order chi connectivity index (χ0) is 18.8. The standard InChI is InChI=1S/2C10H20O2.Cu/c2*1-9(2)7-5-3-4-6-8-10(11)12;/h2*9H,3-8H2,1-2H3,(H,11,12);/p-2. The molecular formula is C20H38CuO4-2. The first-order chi connectivity index (χ1) is 11.3. The Morgan fingerprint density at radius 3 is 1.12 bits per heavy atom. The summed E-state index contributed by atoms with van der Waals surface area (Å²) in [5.41, 5.74) is 0. The fraction of sp³-hybridized carbons (Fsp3) is 0.900. The molecule has 0 aliphatic carbocycles. The molecule has 25 heavy (non-hydrogen) atoms. The summed E-state index contributed by atoms with van der Waals surface area (Å²) in [6, 6.07) is 0. The van der Waals surface area contributed by atoms with Crippen LogP contribution in [-0.2, 0) is 26.7 Å². The molecule has 0 rings (SSSR count). The van der Waals surface area contributed by atoms with Crippen LogP contribution in [0.1, 0.15) is 105 Å². The molecule has 1 radical (unpaired) electrons. The summed E-state index contributed by atoms with van der Waals surface area (Å²) in [4.78, 5) is 20.1. The number of hydrogen-bond donors (Lipinski definition) is 0. The van der Waals surface area contributed by atoms with Crippen molar-refractivity contribution in [2.75, 3.05) is 0 Å². The minimum absolute atomic E-state index is 0. The van der Waals surface area contributed by atoms with E-state index < -0.39 is 11.9 Å². The molecule has 0 unspecified atom stereocenters. The van der Waals surface area contributed by atoms with E-state index in [-0.39, 0.29) is 29.9 Å². The Labute approximate surface area is 165 Å². The van der Waals surface area contributed by atoms with Crippen molar-refractivity contribution in [2.24, 2.45) is 11.8 Å². The van der Waals surface area contributed by atoms with Crippen LogP contribution in [0.5, 0.6) is 0 Å². The molecule has 0 N–H and O–H groups in total. The van der Waals surface area contributed by atoms with E-state index in [9.17, 15) is 19.8 Å². The van der Waals surface area contributed by atoms with Crippen LogP contribution >= 0.6 is 0 Å². The molecule has 0 bridgehead atoms. The van der Waals surface area contributed by atoms with Gasteiger partial charge in [-0.25, -0.2) is 0 Å². The van der Waals surface area contributed by atoms with Crippen LogP contribution in [0.25, 0.3) is 0 Å². The molecule has 0 amide bonds. The Kier molecular flexibility index (Phi) is 25.1. The van der Waals surface area contributed by atoms with Gasteiger partial charge in [-0.05, 0) is 37.5 Å². The fourth-order valence-electron chi connectivity index (χ4n) is 2.35. The normalized spacial score (nSPS) is 10.2. The molecule has 0 fully saturated rings. The fourth-order valence-corrected chi connectivity index (χ4v) is 2.35. The molecule has 0 aromatic rings. The van der Waals surface area contributed by atoms with Crippen LogP contribution in [0.15, 0.2) is 0 Å². The van der Waals surface area contributed by atoms with Crippen LogP contribution in [0, 0.1) is 11.8 Å². The van der Waals surface area contributed by atoms with Gasteiger partial charge < -0.3 is 19.8 Å². The van der Waals surface area contributed by atoms with Crippen molar-refractivity contribution in [1.29, 1.82) is 0 Å². The van der Waals surface area contributed by atoms with Crippen molar-refractivity contribution in [3.63, 3.8) is 0 Å². The second-order valence-electron chi connectivity index (χ2n) is 7.44. The van der Waals surface area contributed by atoms with E-state index in [4.69, 9.17) is 0 Å². The van der Waals surface area contributed by atoms with Crippen LogP contribution < -0.4 is 10.2 Å². The molecular weight excluding hydrogens is 368 g/mol. The van der Waals surface area contributed by atoms with Crippen LogP contribution in [0.2, 0.25) is 0 Å². The first-order valence-corrected chi connectivity index (χ1v) is 9.65. The van der Waals surface area contributed by atoms with Gasteiger partial charge in [-0.15, -0.1) is 0 Å². The molecule has 155 valence electrons. The average molecular weight is 406 g/mol. The maximum atomic E-state index is 10.0. The Hall–Kier alpha value is -0.541. The minimum atomic E-state index is -0.918. The third-order valence-electron chi connectivity index (χ3n) is 3.82. The smallest absolute Gasteiger partial charge is 0.0414 e. The van der Waals surface area contributed by atoms with E-state index in [2.05, 4.69) is 27.7 Å². The quantitative estimate of drug-likeness (QED) is 0.327. The van der Waals surface area contributed by atoms with Gasteiger partial charge in [0, 0.05) is 29.0 Å². The summed E-state index contributed by atoms with van der Waals surface area (Å²) in [7, 11) is 0. The van der Waals surface area contributed by atoms with Gasteiger partial charge in [-0.1, -0.05) is 79.1 Å². The van der Waals surface area contributed by atoms with Gasteiger partial charge in [0.1, 0.15) is 0 Å². The summed E-state index contributed by atoms with van der Waals surface area (Å²) in [5.74, 6) is -0.296. The Morgan fingerprint density at radius 1 is 0.600 bits per heavy atom. The molecule has 0 atom stereocenters. The number of unbranched alkanes of at least 4 members (excludes halogenated alkanes) is 6. The summed E-state index contributed by atoms with van der Waals surface area (Å²) in [6.45, 7) is 8.84. The molecule has 0 saturated carbocycles. The number of carboxylic acid groups (broad SMARTS) is 2. The van der Waals surface area contributed by atoms with Gasteiger partial charge >= 0.3 is 0 Å². The molecule has 0 aromatic heterocycles. The Balaban J connectivity index is -0.000000372. The van der Waals surface area contributed by atoms with Gasteiger partial charge in [0.25, 0.3) is 0 Å². The minimum Gasteiger partial charge on any atom is -0.550 e. The molecule has 0 aromatic carbocycles. The van der Waals surface area contributed by atoms with E-state index in [0.29, 0.717) is 0 Å². The molecule has 0 spiro atoms. The van der Waals surface area contributed by atoms with Gasteiger partial charge in [0.15, 0.2) is 0 Å². The third kappa shape index (κ3) is 35.4. The Morgan fingerprint density at radius 2 is 0.880 bits per heavy atom. The van der Waals surface area contributed by atoms with Gasteiger partial charge in [-0.2, -0.15) is 0 Å². The van der Waals surface area contributed by atoms with E-state index in [0.717, 1.165) is 50.4 Å². The molecule has 0 heterocycles. The van der Waals surface area contributed by atoms with E-state index >= 15 is 0 Å². The van der Waals surface area contributed by atoms with Crippen LogP contribution in [0.3, 0.4) is 0 Å². The predicted molar refractivity (Wildman–Crippen MR) is 95.1 cm³/mol. The maximum Gasteiger partial charge on any atom is 0.0414 e. The summed E-state index contributed by atoms with van der Waals surface area (Å²) < 4.78 is 0. The van der Waals surface area contributed by atoms with E-state index in [1.165, 1.54) is 25.7 Å². The van der Waals surface area contributed by atoms with E-state index in [1.807, 2.05) is 0 Å². The first-order valence-electron chi connectivity index (χ1n) is 9.65. The zero-order valence-corrected chi connectivity index (χ0v) is 17.5. The van der Waals surface area contributed by atoms with Crippen molar-refractivity contribution in [3.8, 4) is 0 Å². The number of carbonyl (C=O) groups is 2. The molecule has 0 aliphatic rings. The summed E-state index contributed by atoms with van der Waals surface area (Å²) >= 11 is 0. The number of carboxylic acids is 2. The van der Waals surface area contributed by atoms with Crippen molar-refractivity contribution in [1.82, 2.24) is 0 Å². The number of rotatable bonds is 14. The van der Waals surface area contributed by atoms with Crippen LogP contribution in [0.4, 0.5) is 0 Å². The second-order valence-corrected chi connectivity index (χ2v) is 7.44. The molecule has 0 saturated heterocycles. The maximum absolute atomic E-state index is 10.0. The van der Waals surface area contributed by atoms with Crippen molar-refractivity contribution in [3.05, 3.63) is 0 Å². The van der Waals surface area contributed by atoms with Crippen molar-refractivity contribution in [2.45, 2.75) is 105 Å². The molecule has 5 heteroatoms. The molecule has 0 aliphatic heterocycles. The van der Waals surface area contributed by atoms with Crippen LogP contribution in [-0.4, -0.2) is 11.9 Å². The zero-order valence-electron chi connectivity index (χ0n) is 16.6. The van der Waals surface area contributed by atoms with Gasteiger partial charge in [0.05, 0.1) is 0 Å². The Bertz CT molecular complexity index is 274. The van der Waals surface area contributed by atoms with Gasteiger partial charge in [0.2, 0.25) is 0 Å². The largest absolute Gasteiger partial charge is 0.550 e. The topological polar surface area (TPSA) is 80.3 Å². The predicted octanol–water partition coefficient (Wildman–Crippen LogP) is 3.46. The average Bonchev–Trinajstić information content (AvgIpc) is 2.46. The number of carbonyl (C=O) groups excluding carboxylic acids is 2. The summed E-state index contributed by atoms with van der Waals surface area (Å²) in [5, 5.41) is 20.1. The number of aliphatic carboxylic acids is 2. The van der Waals surface area contributed by atoms with Crippen molar-refractivity contribution >= 4 is 11.9 Å². The van der Waals surface area contributed by atoms with E-state index in [1.54, 1.807) is 0 Å².